The standard InChI is InChI=1S/C16H25NO2S/c1-3-18-14-9-16(19-11-14)6-4-7-17(12-16)10-15-13(2)5-8-20-15/h5,8,14H,3-4,6-7,9-12H2,1-2H3/t14-,16+/m1/s1. The number of hydrogen-bond acceptors (Lipinski definition) is 4. The molecule has 0 N–H and O–H groups in total. The summed E-state index contributed by atoms with van der Waals surface area (Å²) in [7, 11) is 0. The maximum Gasteiger partial charge on any atom is 0.0836 e. The molecule has 3 rings (SSSR count). The van der Waals surface area contributed by atoms with Crippen molar-refractivity contribution in [1.29, 1.82) is 0 Å². The van der Waals surface area contributed by atoms with Crippen molar-refractivity contribution in [2.24, 2.45) is 0 Å². The van der Waals surface area contributed by atoms with Crippen LogP contribution < -0.4 is 0 Å². The predicted molar refractivity (Wildman–Crippen MR) is 82.3 cm³/mol. The van der Waals surface area contributed by atoms with Crippen molar-refractivity contribution in [2.75, 3.05) is 26.3 Å². The molecule has 2 saturated heterocycles. The molecule has 1 aromatic rings. The third kappa shape index (κ3) is 3.08. The smallest absolute Gasteiger partial charge is 0.0836 e. The molecule has 2 aliphatic rings. The van der Waals surface area contributed by atoms with Gasteiger partial charge in [0.05, 0.1) is 18.3 Å². The molecule has 0 saturated carbocycles. The number of piperidine rings is 1. The van der Waals surface area contributed by atoms with Crippen LogP contribution in [0, 0.1) is 6.92 Å². The van der Waals surface area contributed by atoms with Crippen LogP contribution in [0.25, 0.3) is 0 Å². The van der Waals surface area contributed by atoms with E-state index in [0.29, 0.717) is 6.10 Å². The molecule has 2 atom stereocenters. The molecule has 4 heteroatoms. The van der Waals surface area contributed by atoms with Crippen LogP contribution in [0.4, 0.5) is 0 Å². The molecule has 0 unspecified atom stereocenters. The second-order valence-corrected chi connectivity index (χ2v) is 7.12. The normalized spacial score (nSPS) is 31.2. The van der Waals surface area contributed by atoms with Gasteiger partial charge in [-0.15, -0.1) is 11.3 Å². The zero-order valence-corrected chi connectivity index (χ0v) is 13.4. The summed E-state index contributed by atoms with van der Waals surface area (Å²) in [5.74, 6) is 0. The molecule has 0 radical (unpaired) electrons. The van der Waals surface area contributed by atoms with Crippen LogP contribution in [0.3, 0.4) is 0 Å². The lowest BCUT2D eigenvalue weighted by atomic mass is 9.89. The number of rotatable bonds is 4. The van der Waals surface area contributed by atoms with Gasteiger partial charge in [-0.05, 0) is 50.2 Å². The van der Waals surface area contributed by atoms with Gasteiger partial charge in [-0.1, -0.05) is 0 Å². The van der Waals surface area contributed by atoms with Crippen molar-refractivity contribution in [3.05, 3.63) is 21.9 Å². The van der Waals surface area contributed by atoms with E-state index in [-0.39, 0.29) is 5.60 Å². The van der Waals surface area contributed by atoms with E-state index in [4.69, 9.17) is 9.47 Å². The Morgan fingerprint density at radius 1 is 1.55 bits per heavy atom. The number of likely N-dealkylation sites (tertiary alicyclic amines) is 1. The maximum atomic E-state index is 6.16. The van der Waals surface area contributed by atoms with Gasteiger partial charge in [0.15, 0.2) is 0 Å². The van der Waals surface area contributed by atoms with Crippen LogP contribution in [0.5, 0.6) is 0 Å². The Balaban J connectivity index is 1.61. The van der Waals surface area contributed by atoms with Gasteiger partial charge in [-0.25, -0.2) is 0 Å². The highest BCUT2D eigenvalue weighted by Crippen LogP contribution is 2.36. The number of ether oxygens (including phenoxy) is 2. The van der Waals surface area contributed by atoms with Crippen molar-refractivity contribution >= 4 is 11.3 Å². The average molecular weight is 295 g/mol. The number of aryl methyl sites for hydroxylation is 1. The largest absolute Gasteiger partial charge is 0.376 e. The molecule has 1 spiro atoms. The van der Waals surface area contributed by atoms with Crippen molar-refractivity contribution in [1.82, 2.24) is 4.90 Å². The molecule has 3 heterocycles. The van der Waals surface area contributed by atoms with Gasteiger partial charge in [0.2, 0.25) is 0 Å². The summed E-state index contributed by atoms with van der Waals surface area (Å²) in [6.07, 6.45) is 3.81. The zero-order valence-electron chi connectivity index (χ0n) is 12.6. The van der Waals surface area contributed by atoms with E-state index in [2.05, 4.69) is 30.2 Å². The van der Waals surface area contributed by atoms with Gasteiger partial charge in [-0.3, -0.25) is 4.90 Å². The lowest BCUT2D eigenvalue weighted by Crippen LogP contribution is -2.47. The Morgan fingerprint density at radius 2 is 2.45 bits per heavy atom. The minimum Gasteiger partial charge on any atom is -0.376 e. The van der Waals surface area contributed by atoms with E-state index in [1.807, 2.05) is 11.3 Å². The summed E-state index contributed by atoms with van der Waals surface area (Å²) in [6.45, 7) is 9.19. The quantitative estimate of drug-likeness (QED) is 0.851. The van der Waals surface area contributed by atoms with E-state index in [0.717, 1.165) is 32.7 Å². The molecule has 0 aromatic carbocycles. The third-order valence-electron chi connectivity index (χ3n) is 4.53. The third-order valence-corrected chi connectivity index (χ3v) is 5.54. The van der Waals surface area contributed by atoms with E-state index in [1.165, 1.54) is 29.8 Å². The summed E-state index contributed by atoms with van der Waals surface area (Å²) < 4.78 is 11.9. The minimum absolute atomic E-state index is 0.0588. The molecule has 3 nitrogen and oxygen atoms in total. The second-order valence-electron chi connectivity index (χ2n) is 6.12. The monoisotopic (exact) mass is 295 g/mol. The molecule has 0 bridgehead atoms. The molecular formula is C16H25NO2S. The van der Waals surface area contributed by atoms with E-state index in [9.17, 15) is 0 Å². The van der Waals surface area contributed by atoms with E-state index < -0.39 is 0 Å². The fourth-order valence-corrected chi connectivity index (χ4v) is 4.47. The van der Waals surface area contributed by atoms with Crippen LogP contribution in [0.2, 0.25) is 0 Å². The van der Waals surface area contributed by atoms with Crippen molar-refractivity contribution in [3.8, 4) is 0 Å². The summed E-state index contributed by atoms with van der Waals surface area (Å²) in [4.78, 5) is 4.07. The Kier molecular flexibility index (Phi) is 4.46. The van der Waals surface area contributed by atoms with Crippen LogP contribution >= 0.6 is 11.3 Å². The van der Waals surface area contributed by atoms with Gasteiger partial charge in [0, 0.05) is 31.0 Å². The van der Waals surface area contributed by atoms with Gasteiger partial charge in [0.1, 0.15) is 0 Å². The van der Waals surface area contributed by atoms with Crippen molar-refractivity contribution in [2.45, 2.75) is 51.4 Å². The Morgan fingerprint density at radius 3 is 3.20 bits per heavy atom. The number of hydrogen-bond donors (Lipinski definition) is 0. The SMILES string of the molecule is CCO[C@H]1CO[C@@]2(CCCN(Cc3sccc3C)C2)C1. The molecule has 112 valence electrons. The van der Waals surface area contributed by atoms with Crippen molar-refractivity contribution < 1.29 is 9.47 Å². The highest BCUT2D eigenvalue weighted by Gasteiger charge is 2.43. The van der Waals surface area contributed by atoms with Crippen LogP contribution in [-0.4, -0.2) is 42.9 Å². The van der Waals surface area contributed by atoms with Crippen LogP contribution in [0.1, 0.15) is 36.6 Å². The minimum atomic E-state index is 0.0588. The highest BCUT2D eigenvalue weighted by molar-refractivity contribution is 7.10. The number of thiophene rings is 1. The van der Waals surface area contributed by atoms with Gasteiger partial charge >= 0.3 is 0 Å². The predicted octanol–water partition coefficient (Wildman–Crippen LogP) is 3.22. The molecular weight excluding hydrogens is 270 g/mol. The van der Waals surface area contributed by atoms with E-state index in [1.54, 1.807) is 0 Å². The van der Waals surface area contributed by atoms with Crippen LogP contribution in [0.15, 0.2) is 11.4 Å². The maximum absolute atomic E-state index is 6.16. The average Bonchev–Trinajstić information content (AvgIpc) is 2.99. The lowest BCUT2D eigenvalue weighted by molar-refractivity contribution is -0.0543. The fraction of sp³-hybridized carbons (Fsp3) is 0.750. The second kappa shape index (κ2) is 6.14. The Labute approximate surface area is 125 Å². The topological polar surface area (TPSA) is 21.7 Å². The lowest BCUT2D eigenvalue weighted by Gasteiger charge is -2.39. The first-order valence-corrected chi connectivity index (χ1v) is 8.60. The summed E-state index contributed by atoms with van der Waals surface area (Å²) in [5.41, 5.74) is 1.48. The summed E-state index contributed by atoms with van der Waals surface area (Å²) in [6, 6.07) is 2.22. The molecule has 0 amide bonds. The Bertz CT molecular complexity index is 447. The molecule has 2 aliphatic heterocycles. The van der Waals surface area contributed by atoms with Crippen LogP contribution in [-0.2, 0) is 16.0 Å². The number of nitrogens with zero attached hydrogens (tertiary/aromatic N) is 1. The van der Waals surface area contributed by atoms with Gasteiger partial charge < -0.3 is 9.47 Å². The summed E-state index contributed by atoms with van der Waals surface area (Å²) in [5, 5.41) is 2.20. The van der Waals surface area contributed by atoms with Gasteiger partial charge in [0.25, 0.3) is 0 Å². The first-order valence-electron chi connectivity index (χ1n) is 7.72. The molecule has 2 fully saturated rings. The molecule has 20 heavy (non-hydrogen) atoms. The summed E-state index contributed by atoms with van der Waals surface area (Å²) >= 11 is 1.88. The first-order chi connectivity index (χ1) is 9.71. The first kappa shape index (κ1) is 14.5. The highest BCUT2D eigenvalue weighted by atomic mass is 32.1. The Hall–Kier alpha value is -0.420. The molecule has 0 aliphatic carbocycles. The van der Waals surface area contributed by atoms with Gasteiger partial charge in [-0.2, -0.15) is 0 Å². The van der Waals surface area contributed by atoms with E-state index >= 15 is 0 Å². The van der Waals surface area contributed by atoms with Crippen molar-refractivity contribution in [3.63, 3.8) is 0 Å². The zero-order chi connectivity index (χ0) is 14.0. The molecule has 1 aromatic heterocycles. The fourth-order valence-electron chi connectivity index (χ4n) is 3.52.